The Balaban J connectivity index is 2.22. The minimum absolute atomic E-state index is 0.0393. The summed E-state index contributed by atoms with van der Waals surface area (Å²) in [5.74, 6) is 0.151. The Bertz CT molecular complexity index is 814. The van der Waals surface area contributed by atoms with Crippen LogP contribution in [0.3, 0.4) is 0 Å². The molecular formula is C23H32ClN3O2. The Labute approximate surface area is 179 Å². The number of nitrogens with zero attached hydrogens (tertiary/aromatic N) is 3. The maximum absolute atomic E-state index is 13.2. The third-order valence-electron chi connectivity index (χ3n) is 5.12. The van der Waals surface area contributed by atoms with Crippen LogP contribution in [0, 0.1) is 5.92 Å². The molecule has 158 valence electrons. The van der Waals surface area contributed by atoms with Gasteiger partial charge in [0, 0.05) is 42.1 Å². The Morgan fingerprint density at radius 2 is 1.76 bits per heavy atom. The predicted octanol–water partition coefficient (Wildman–Crippen LogP) is 4.60. The molecule has 1 unspecified atom stereocenters. The summed E-state index contributed by atoms with van der Waals surface area (Å²) >= 11 is 5.95. The van der Waals surface area contributed by atoms with Crippen molar-refractivity contribution in [3.05, 3.63) is 58.9 Å². The summed E-state index contributed by atoms with van der Waals surface area (Å²) in [7, 11) is 1.98. The van der Waals surface area contributed by atoms with E-state index in [1.807, 2.05) is 48.7 Å². The van der Waals surface area contributed by atoms with Crippen LogP contribution in [0.5, 0.6) is 0 Å². The van der Waals surface area contributed by atoms with Crippen LogP contribution in [-0.4, -0.2) is 45.3 Å². The van der Waals surface area contributed by atoms with Crippen LogP contribution in [0.25, 0.3) is 0 Å². The van der Waals surface area contributed by atoms with Crippen molar-refractivity contribution in [2.45, 2.75) is 46.7 Å². The maximum Gasteiger partial charge on any atom is 0.254 e. The lowest BCUT2D eigenvalue weighted by atomic mass is 10.1. The van der Waals surface area contributed by atoms with Crippen molar-refractivity contribution in [1.82, 2.24) is 14.4 Å². The van der Waals surface area contributed by atoms with Crippen LogP contribution in [-0.2, 0) is 18.4 Å². The van der Waals surface area contributed by atoms with Gasteiger partial charge in [-0.1, -0.05) is 32.4 Å². The first kappa shape index (κ1) is 23.0. The highest BCUT2D eigenvalue weighted by Gasteiger charge is 2.26. The third kappa shape index (κ3) is 6.36. The maximum atomic E-state index is 13.2. The molecular weight excluding hydrogens is 386 g/mol. The molecule has 2 rings (SSSR count). The van der Waals surface area contributed by atoms with E-state index in [1.54, 1.807) is 29.2 Å². The first-order valence-electron chi connectivity index (χ1n) is 10.2. The Morgan fingerprint density at radius 3 is 2.28 bits per heavy atom. The molecule has 2 amide bonds. The van der Waals surface area contributed by atoms with Gasteiger partial charge in [0.25, 0.3) is 5.91 Å². The van der Waals surface area contributed by atoms with Crippen molar-refractivity contribution >= 4 is 23.4 Å². The smallest absolute Gasteiger partial charge is 0.254 e. The van der Waals surface area contributed by atoms with E-state index in [0.29, 0.717) is 29.6 Å². The van der Waals surface area contributed by atoms with Crippen LogP contribution in [0.4, 0.5) is 0 Å². The number of carbonyl (C=O) groups is 2. The number of benzene rings is 1. The quantitative estimate of drug-likeness (QED) is 0.598. The van der Waals surface area contributed by atoms with Gasteiger partial charge in [-0.15, -0.1) is 0 Å². The van der Waals surface area contributed by atoms with Gasteiger partial charge in [0.15, 0.2) is 0 Å². The SMILES string of the molecule is CCC(C)N(CC(=O)N(Cc1cccn1C)CC(C)C)C(=O)c1ccc(Cl)cc1. The second kappa shape index (κ2) is 10.5. The number of hydrogen-bond acceptors (Lipinski definition) is 2. The molecule has 0 aliphatic heterocycles. The summed E-state index contributed by atoms with van der Waals surface area (Å²) < 4.78 is 2.02. The number of rotatable bonds is 9. The molecule has 0 N–H and O–H groups in total. The van der Waals surface area contributed by atoms with E-state index in [-0.39, 0.29) is 24.4 Å². The van der Waals surface area contributed by atoms with E-state index >= 15 is 0 Å². The van der Waals surface area contributed by atoms with Gasteiger partial charge in [-0.2, -0.15) is 0 Å². The van der Waals surface area contributed by atoms with Crippen molar-refractivity contribution in [3.63, 3.8) is 0 Å². The Kier molecular flexibility index (Phi) is 8.32. The largest absolute Gasteiger partial charge is 0.353 e. The van der Waals surface area contributed by atoms with Gasteiger partial charge in [-0.05, 0) is 55.7 Å². The first-order chi connectivity index (χ1) is 13.7. The minimum atomic E-state index is -0.146. The summed E-state index contributed by atoms with van der Waals surface area (Å²) in [4.78, 5) is 29.9. The normalized spacial score (nSPS) is 12.1. The topological polar surface area (TPSA) is 45.6 Å². The summed E-state index contributed by atoms with van der Waals surface area (Å²) in [5, 5.41) is 0.582. The van der Waals surface area contributed by atoms with Crippen molar-refractivity contribution < 1.29 is 9.59 Å². The first-order valence-corrected chi connectivity index (χ1v) is 10.5. The van der Waals surface area contributed by atoms with Crippen LogP contribution < -0.4 is 0 Å². The lowest BCUT2D eigenvalue weighted by Crippen LogP contribution is -2.47. The van der Waals surface area contributed by atoms with Gasteiger partial charge in [-0.3, -0.25) is 9.59 Å². The number of hydrogen-bond donors (Lipinski definition) is 0. The average Bonchev–Trinajstić information content (AvgIpc) is 3.09. The van der Waals surface area contributed by atoms with Crippen molar-refractivity contribution in [1.29, 1.82) is 0 Å². The predicted molar refractivity (Wildman–Crippen MR) is 118 cm³/mol. The molecule has 1 aromatic heterocycles. The molecule has 0 bridgehead atoms. The van der Waals surface area contributed by atoms with Gasteiger partial charge in [0.2, 0.25) is 5.91 Å². The highest BCUT2D eigenvalue weighted by atomic mass is 35.5. The number of aromatic nitrogens is 1. The summed E-state index contributed by atoms with van der Waals surface area (Å²) in [6, 6.07) is 10.8. The van der Waals surface area contributed by atoms with E-state index in [4.69, 9.17) is 11.6 Å². The molecule has 2 aromatic rings. The molecule has 1 atom stereocenters. The van der Waals surface area contributed by atoms with Crippen molar-refractivity contribution in [3.8, 4) is 0 Å². The zero-order valence-corrected chi connectivity index (χ0v) is 18.8. The number of aryl methyl sites for hydroxylation is 1. The second-order valence-corrected chi connectivity index (χ2v) is 8.41. The number of amides is 2. The lowest BCUT2D eigenvalue weighted by Gasteiger charge is -2.32. The molecule has 0 aliphatic rings. The molecule has 29 heavy (non-hydrogen) atoms. The monoisotopic (exact) mass is 417 g/mol. The van der Waals surface area contributed by atoms with Crippen LogP contribution in [0.15, 0.2) is 42.6 Å². The highest BCUT2D eigenvalue weighted by molar-refractivity contribution is 6.30. The molecule has 0 spiro atoms. The van der Waals surface area contributed by atoms with Gasteiger partial charge < -0.3 is 14.4 Å². The zero-order valence-electron chi connectivity index (χ0n) is 18.1. The minimum Gasteiger partial charge on any atom is -0.353 e. The summed E-state index contributed by atoms with van der Waals surface area (Å²) in [6.07, 6.45) is 2.75. The van der Waals surface area contributed by atoms with Crippen LogP contribution >= 0.6 is 11.6 Å². The average molecular weight is 418 g/mol. The fraction of sp³-hybridized carbons (Fsp3) is 0.478. The second-order valence-electron chi connectivity index (χ2n) is 7.98. The van der Waals surface area contributed by atoms with Crippen LogP contribution in [0.2, 0.25) is 5.02 Å². The lowest BCUT2D eigenvalue weighted by molar-refractivity contribution is -0.133. The molecule has 0 saturated carbocycles. The molecule has 0 saturated heterocycles. The van der Waals surface area contributed by atoms with E-state index in [9.17, 15) is 9.59 Å². The molecule has 6 heteroatoms. The number of carbonyl (C=O) groups excluding carboxylic acids is 2. The van der Waals surface area contributed by atoms with Crippen LogP contribution in [0.1, 0.15) is 50.2 Å². The molecule has 1 aromatic carbocycles. The molecule has 5 nitrogen and oxygen atoms in total. The van der Waals surface area contributed by atoms with Gasteiger partial charge >= 0.3 is 0 Å². The Hall–Kier alpha value is -2.27. The molecule has 1 heterocycles. The van der Waals surface area contributed by atoms with Crippen molar-refractivity contribution in [2.75, 3.05) is 13.1 Å². The summed E-state index contributed by atoms with van der Waals surface area (Å²) in [5.41, 5.74) is 1.61. The number of halogens is 1. The fourth-order valence-electron chi connectivity index (χ4n) is 3.20. The third-order valence-corrected chi connectivity index (χ3v) is 5.37. The molecule has 0 aliphatic carbocycles. The van der Waals surface area contributed by atoms with E-state index in [2.05, 4.69) is 13.8 Å². The molecule has 0 fully saturated rings. The van der Waals surface area contributed by atoms with Gasteiger partial charge in [0.05, 0.1) is 6.54 Å². The fourth-order valence-corrected chi connectivity index (χ4v) is 3.33. The van der Waals surface area contributed by atoms with Gasteiger partial charge in [0.1, 0.15) is 6.54 Å². The summed E-state index contributed by atoms with van der Waals surface area (Å²) in [6.45, 7) is 9.43. The molecule has 0 radical (unpaired) electrons. The standard InChI is InChI=1S/C23H32ClN3O2/c1-6-18(4)27(23(29)19-9-11-20(24)12-10-19)16-22(28)26(14-17(2)3)15-21-8-7-13-25(21)5/h7-13,17-18H,6,14-16H2,1-5H3. The van der Waals surface area contributed by atoms with E-state index in [0.717, 1.165) is 12.1 Å². The van der Waals surface area contributed by atoms with E-state index in [1.165, 1.54) is 0 Å². The Morgan fingerprint density at radius 1 is 1.10 bits per heavy atom. The van der Waals surface area contributed by atoms with Gasteiger partial charge in [-0.25, -0.2) is 0 Å². The van der Waals surface area contributed by atoms with E-state index < -0.39 is 0 Å². The van der Waals surface area contributed by atoms with Crippen molar-refractivity contribution in [2.24, 2.45) is 13.0 Å². The highest BCUT2D eigenvalue weighted by Crippen LogP contribution is 2.16. The zero-order chi connectivity index (χ0) is 21.6.